The monoisotopic (exact) mass is 960 g/mol. The van der Waals surface area contributed by atoms with Gasteiger partial charge in [0.05, 0.1) is 11.0 Å². The molecule has 1 spiro atoms. The van der Waals surface area contributed by atoms with Gasteiger partial charge in [0.2, 0.25) is 0 Å². The van der Waals surface area contributed by atoms with Gasteiger partial charge in [0, 0.05) is 49.7 Å². The molecule has 8 heteroatoms. The summed E-state index contributed by atoms with van der Waals surface area (Å²) in [5.41, 5.74) is 14.9. The van der Waals surface area contributed by atoms with E-state index < -0.39 is 5.41 Å². The molecule has 1 atom stereocenters. The fourth-order valence-corrected chi connectivity index (χ4v) is 11.3. The van der Waals surface area contributed by atoms with Crippen molar-refractivity contribution in [3.05, 3.63) is 265 Å². The van der Waals surface area contributed by atoms with E-state index >= 15 is 0 Å². The van der Waals surface area contributed by atoms with Gasteiger partial charge >= 0.3 is 0 Å². The van der Waals surface area contributed by atoms with Crippen molar-refractivity contribution in [1.82, 2.24) is 29.9 Å². The Bertz CT molecular complexity index is 4280. The molecule has 13 aromatic rings. The lowest BCUT2D eigenvalue weighted by Crippen LogP contribution is -2.32. The average Bonchev–Trinajstić information content (AvgIpc) is 4.04. The predicted molar refractivity (Wildman–Crippen MR) is 296 cm³/mol. The second-order valence-corrected chi connectivity index (χ2v) is 18.9. The zero-order valence-corrected chi connectivity index (χ0v) is 40.1. The van der Waals surface area contributed by atoms with Gasteiger partial charge in [0.1, 0.15) is 22.7 Å². The van der Waals surface area contributed by atoms with E-state index in [2.05, 4.69) is 103 Å². The van der Waals surface area contributed by atoms with Crippen LogP contribution in [0.25, 0.3) is 113 Å². The van der Waals surface area contributed by atoms with Crippen LogP contribution in [-0.4, -0.2) is 29.9 Å². The normalized spacial score (nSPS) is 14.0. The lowest BCUT2D eigenvalue weighted by atomic mass is 9.65. The largest absolute Gasteiger partial charge is 0.456 e. The van der Waals surface area contributed by atoms with E-state index in [1.165, 1.54) is 11.1 Å². The minimum Gasteiger partial charge on any atom is -0.456 e. The standard InChI is InChI=1S/C67H40N6O2/c1-5-19-41(20-6-1)61-68-62(42-21-7-2-8-22-42)71-65(70-61)49-28-18-34-58-59(49)51-39-45(36-38-56(51)74-58)46-35-37-48-47-27-13-14-30-52(47)67(55(48)40-46)53-31-15-16-33-57(53)75-60-50(29-17-32-54(60)67)66-72-63(43-23-9-3-10-24-43)69-64(73-66)44-25-11-4-12-26-44/h1-40H. The summed E-state index contributed by atoms with van der Waals surface area (Å²) < 4.78 is 13.8. The van der Waals surface area contributed by atoms with Gasteiger partial charge < -0.3 is 9.15 Å². The highest BCUT2D eigenvalue weighted by Crippen LogP contribution is 2.63. The van der Waals surface area contributed by atoms with Crippen LogP contribution in [0.4, 0.5) is 0 Å². The van der Waals surface area contributed by atoms with E-state index in [0.29, 0.717) is 40.7 Å². The van der Waals surface area contributed by atoms with E-state index in [1.807, 2.05) is 140 Å². The van der Waals surface area contributed by atoms with E-state index in [0.717, 1.165) is 94.4 Å². The third-order valence-electron chi connectivity index (χ3n) is 14.7. The molecule has 8 nitrogen and oxygen atoms in total. The summed E-state index contributed by atoms with van der Waals surface area (Å²) in [4.78, 5) is 30.7. The molecule has 0 radical (unpaired) electrons. The second kappa shape index (κ2) is 17.0. The summed E-state index contributed by atoms with van der Waals surface area (Å²) in [5.74, 6) is 4.94. The summed E-state index contributed by atoms with van der Waals surface area (Å²) in [6, 6.07) is 83.4. The predicted octanol–water partition coefficient (Wildman–Crippen LogP) is 16.1. The lowest BCUT2D eigenvalue weighted by Gasteiger charge is -2.40. The van der Waals surface area contributed by atoms with Crippen molar-refractivity contribution in [2.45, 2.75) is 5.41 Å². The molecule has 0 saturated carbocycles. The molecule has 2 aliphatic rings. The number of ether oxygens (including phenoxy) is 1. The van der Waals surface area contributed by atoms with E-state index in [9.17, 15) is 0 Å². The van der Waals surface area contributed by atoms with Crippen LogP contribution in [0.2, 0.25) is 0 Å². The zero-order chi connectivity index (χ0) is 49.5. The number of rotatable bonds is 7. The number of hydrogen-bond acceptors (Lipinski definition) is 8. The fraction of sp³-hybridized carbons (Fsp3) is 0.0149. The number of furan rings is 1. The molecule has 1 unspecified atom stereocenters. The van der Waals surface area contributed by atoms with Crippen LogP contribution in [0.5, 0.6) is 11.5 Å². The van der Waals surface area contributed by atoms with Crippen LogP contribution in [0.3, 0.4) is 0 Å². The van der Waals surface area contributed by atoms with E-state index in [1.54, 1.807) is 0 Å². The number of benzene rings is 10. The number of fused-ring (bicyclic) bond motifs is 12. The van der Waals surface area contributed by atoms with Crippen molar-refractivity contribution in [3.8, 4) is 102 Å². The minimum absolute atomic E-state index is 0.527. The Morgan fingerprint density at radius 3 is 1.36 bits per heavy atom. The molecule has 10 aromatic carbocycles. The summed E-state index contributed by atoms with van der Waals surface area (Å²) in [7, 11) is 0. The van der Waals surface area contributed by atoms with Gasteiger partial charge in [-0.3, -0.25) is 0 Å². The average molecular weight is 961 g/mol. The first kappa shape index (κ1) is 42.5. The SMILES string of the molecule is c1ccc(-c2nc(-c3ccccc3)nc(-c3cccc4c3Oc3ccccc3C43c4ccccc4-c4ccc(-c5ccc6oc7cccc(-c8nc(-c9ccccc9)nc(-c9ccccc9)n8)c7c6c5)cc43)n2)cc1. The third kappa shape index (κ3) is 6.77. The Morgan fingerprint density at radius 2 is 0.733 bits per heavy atom. The van der Waals surface area contributed by atoms with Crippen LogP contribution in [0, 0.1) is 0 Å². The highest BCUT2D eigenvalue weighted by atomic mass is 16.5. The topological polar surface area (TPSA) is 99.7 Å². The van der Waals surface area contributed by atoms with E-state index in [4.69, 9.17) is 39.1 Å². The van der Waals surface area contributed by atoms with Gasteiger partial charge in [0.25, 0.3) is 0 Å². The molecular formula is C67H40N6O2. The Labute approximate surface area is 431 Å². The molecule has 15 rings (SSSR count). The third-order valence-corrected chi connectivity index (χ3v) is 14.7. The molecule has 1 aliphatic heterocycles. The van der Waals surface area contributed by atoms with Gasteiger partial charge in [-0.15, -0.1) is 0 Å². The van der Waals surface area contributed by atoms with Gasteiger partial charge in [0.15, 0.2) is 34.9 Å². The molecular weight excluding hydrogens is 921 g/mol. The maximum atomic E-state index is 7.15. The van der Waals surface area contributed by atoms with Gasteiger partial charge in [-0.05, 0) is 69.8 Å². The highest BCUT2D eigenvalue weighted by molar-refractivity contribution is 6.13. The second-order valence-electron chi connectivity index (χ2n) is 18.9. The smallest absolute Gasteiger partial charge is 0.167 e. The molecule has 0 saturated heterocycles. The van der Waals surface area contributed by atoms with Gasteiger partial charge in [-0.25, -0.2) is 29.9 Å². The first-order valence-corrected chi connectivity index (χ1v) is 25.0. The highest BCUT2D eigenvalue weighted by Gasteiger charge is 2.51. The van der Waals surface area contributed by atoms with Crippen LogP contribution in [0.1, 0.15) is 22.3 Å². The van der Waals surface area contributed by atoms with Crippen molar-refractivity contribution < 1.29 is 9.15 Å². The van der Waals surface area contributed by atoms with Crippen molar-refractivity contribution in [2.24, 2.45) is 0 Å². The maximum absolute atomic E-state index is 7.15. The number of aromatic nitrogens is 6. The molecule has 0 fully saturated rings. The van der Waals surface area contributed by atoms with Crippen LogP contribution in [-0.2, 0) is 5.41 Å². The van der Waals surface area contributed by atoms with Crippen LogP contribution < -0.4 is 4.74 Å². The maximum Gasteiger partial charge on any atom is 0.167 e. The number of nitrogens with zero attached hydrogens (tertiary/aromatic N) is 6. The Hall–Kier alpha value is -10.2. The number of hydrogen-bond donors (Lipinski definition) is 0. The zero-order valence-electron chi connectivity index (χ0n) is 40.1. The first-order chi connectivity index (χ1) is 37.2. The van der Waals surface area contributed by atoms with Gasteiger partial charge in [-0.2, -0.15) is 0 Å². The minimum atomic E-state index is -0.773. The van der Waals surface area contributed by atoms with Crippen LogP contribution >= 0.6 is 0 Å². The molecule has 4 heterocycles. The van der Waals surface area contributed by atoms with Crippen molar-refractivity contribution in [2.75, 3.05) is 0 Å². The fourth-order valence-electron chi connectivity index (χ4n) is 11.3. The molecule has 0 amide bonds. The first-order valence-electron chi connectivity index (χ1n) is 25.0. The molecule has 0 bridgehead atoms. The van der Waals surface area contributed by atoms with E-state index in [-0.39, 0.29) is 0 Å². The molecule has 350 valence electrons. The summed E-state index contributed by atoms with van der Waals surface area (Å²) >= 11 is 0. The quantitative estimate of drug-likeness (QED) is 0.156. The summed E-state index contributed by atoms with van der Waals surface area (Å²) in [5, 5.41) is 1.90. The van der Waals surface area contributed by atoms with Crippen molar-refractivity contribution in [3.63, 3.8) is 0 Å². The molecule has 0 N–H and O–H groups in total. The number of para-hydroxylation sites is 2. The Morgan fingerprint density at radius 1 is 0.280 bits per heavy atom. The lowest BCUT2D eigenvalue weighted by molar-refractivity contribution is 0.437. The van der Waals surface area contributed by atoms with Crippen LogP contribution in [0.15, 0.2) is 247 Å². The summed E-state index contributed by atoms with van der Waals surface area (Å²) in [6.45, 7) is 0. The van der Waals surface area contributed by atoms with Crippen molar-refractivity contribution in [1.29, 1.82) is 0 Å². The van der Waals surface area contributed by atoms with Crippen molar-refractivity contribution >= 4 is 21.9 Å². The molecule has 75 heavy (non-hydrogen) atoms. The molecule has 1 aliphatic carbocycles. The molecule has 3 aromatic heterocycles. The Balaban J connectivity index is 0.924. The summed E-state index contributed by atoms with van der Waals surface area (Å²) in [6.07, 6.45) is 0. The van der Waals surface area contributed by atoms with Gasteiger partial charge in [-0.1, -0.05) is 206 Å². The Kier molecular flexibility index (Phi) is 9.62.